The van der Waals surface area contributed by atoms with Gasteiger partial charge in [0.2, 0.25) is 5.95 Å². The molecule has 198 valence electrons. The first kappa shape index (κ1) is 24.9. The molecule has 7 atom stereocenters. The van der Waals surface area contributed by atoms with Gasteiger partial charge in [0.25, 0.3) is 0 Å². The van der Waals surface area contributed by atoms with E-state index < -0.39 is 29.8 Å². The highest BCUT2D eigenvalue weighted by atomic mass is 32.1. The quantitative estimate of drug-likeness (QED) is 0.327. The van der Waals surface area contributed by atoms with Crippen LogP contribution in [0.25, 0.3) is 20.8 Å². The second kappa shape index (κ2) is 9.11. The van der Waals surface area contributed by atoms with Crippen molar-refractivity contribution in [3.63, 3.8) is 0 Å². The number of rotatable bonds is 6. The van der Waals surface area contributed by atoms with Crippen LogP contribution < -0.4 is 10.6 Å². The highest BCUT2D eigenvalue weighted by molar-refractivity contribution is 7.21. The average molecular weight is 525 g/mol. The molecule has 0 bridgehead atoms. The number of aliphatic hydroxyl groups excluding tert-OH is 2. The van der Waals surface area contributed by atoms with Crippen LogP contribution in [-0.2, 0) is 0 Å². The summed E-state index contributed by atoms with van der Waals surface area (Å²) in [5.74, 6) is 2.21. The number of anilines is 2. The second-order valence-electron chi connectivity index (χ2n) is 11.7. The summed E-state index contributed by atoms with van der Waals surface area (Å²) in [4.78, 5) is 19.1. The molecule has 3 fully saturated rings. The number of aromatic nitrogens is 4. The molecule has 5 N–H and O–H groups in total. The van der Waals surface area contributed by atoms with E-state index in [9.17, 15) is 15.3 Å². The van der Waals surface area contributed by atoms with E-state index in [2.05, 4.69) is 15.6 Å². The third-order valence-electron chi connectivity index (χ3n) is 8.86. The maximum Gasteiger partial charge on any atom is 0.225 e. The van der Waals surface area contributed by atoms with Crippen LogP contribution in [0.1, 0.15) is 57.3 Å². The summed E-state index contributed by atoms with van der Waals surface area (Å²) in [6.45, 7) is 7.25. The van der Waals surface area contributed by atoms with E-state index >= 15 is 0 Å². The molecule has 0 radical (unpaired) electrons. The fourth-order valence-corrected chi connectivity index (χ4v) is 7.69. The molecular formula is C27H36N6O3S. The number of thiazole rings is 1. The van der Waals surface area contributed by atoms with Crippen LogP contribution in [0, 0.1) is 31.6 Å². The zero-order chi connectivity index (χ0) is 26.1. The topological polar surface area (TPSA) is 136 Å². The van der Waals surface area contributed by atoms with Gasteiger partial charge in [-0.05, 0) is 77.7 Å². The van der Waals surface area contributed by atoms with E-state index in [1.807, 2.05) is 19.9 Å². The molecule has 3 aromatic rings. The van der Waals surface area contributed by atoms with Crippen molar-refractivity contribution in [3.05, 3.63) is 23.7 Å². The number of hydrogen-bond acceptors (Lipinski definition) is 10. The average Bonchev–Trinajstić information content (AvgIpc) is 3.43. The lowest BCUT2D eigenvalue weighted by Crippen LogP contribution is -2.40. The van der Waals surface area contributed by atoms with Crippen molar-refractivity contribution < 1.29 is 15.3 Å². The molecule has 9 nitrogen and oxygen atoms in total. The van der Waals surface area contributed by atoms with Gasteiger partial charge >= 0.3 is 0 Å². The number of fused-ring (bicyclic) bond motifs is 2. The molecule has 3 aliphatic rings. The predicted molar refractivity (Wildman–Crippen MR) is 145 cm³/mol. The first-order chi connectivity index (χ1) is 17.6. The third kappa shape index (κ3) is 4.37. The van der Waals surface area contributed by atoms with Gasteiger partial charge in [-0.1, -0.05) is 0 Å². The van der Waals surface area contributed by atoms with Crippen LogP contribution in [0.3, 0.4) is 0 Å². The fraction of sp³-hybridized carbons (Fsp3) is 0.630. The van der Waals surface area contributed by atoms with E-state index in [0.29, 0.717) is 30.1 Å². The van der Waals surface area contributed by atoms with Gasteiger partial charge in [0.05, 0.1) is 39.4 Å². The Balaban J connectivity index is 1.38. The number of hydrogen-bond donors (Lipinski definition) is 5. The first-order valence-electron chi connectivity index (χ1n) is 13.3. The van der Waals surface area contributed by atoms with Crippen molar-refractivity contribution in [2.75, 3.05) is 10.6 Å². The van der Waals surface area contributed by atoms with E-state index in [1.54, 1.807) is 31.4 Å². The van der Waals surface area contributed by atoms with E-state index in [0.717, 1.165) is 44.5 Å². The fourth-order valence-electron chi connectivity index (χ4n) is 6.58. The van der Waals surface area contributed by atoms with Gasteiger partial charge in [-0.15, -0.1) is 11.3 Å². The molecule has 3 heterocycles. The van der Waals surface area contributed by atoms with Crippen molar-refractivity contribution in [1.82, 2.24) is 19.9 Å². The number of pyridine rings is 1. The maximum absolute atomic E-state index is 10.9. The molecule has 0 unspecified atom stereocenters. The summed E-state index contributed by atoms with van der Waals surface area (Å²) in [5, 5.41) is 40.0. The monoisotopic (exact) mass is 524 g/mol. The Morgan fingerprint density at radius 3 is 2.38 bits per heavy atom. The molecule has 0 spiro atoms. The molecule has 3 saturated carbocycles. The van der Waals surface area contributed by atoms with Crippen LogP contribution in [-0.4, -0.2) is 65.1 Å². The summed E-state index contributed by atoms with van der Waals surface area (Å²) in [6.07, 6.45) is 5.10. The number of nitrogens with one attached hydrogen (secondary N) is 2. The summed E-state index contributed by atoms with van der Waals surface area (Å²) in [7, 11) is 0. The van der Waals surface area contributed by atoms with Crippen LogP contribution in [0.5, 0.6) is 0 Å². The smallest absolute Gasteiger partial charge is 0.225 e. The maximum atomic E-state index is 10.9. The van der Waals surface area contributed by atoms with E-state index in [4.69, 9.17) is 15.0 Å². The summed E-state index contributed by atoms with van der Waals surface area (Å²) in [6, 6.07) is 1.86. The summed E-state index contributed by atoms with van der Waals surface area (Å²) < 4.78 is 1.04. The number of aliphatic hydroxyl groups is 3. The van der Waals surface area contributed by atoms with Gasteiger partial charge in [-0.25, -0.2) is 9.97 Å². The van der Waals surface area contributed by atoms with Crippen molar-refractivity contribution >= 4 is 33.3 Å². The Morgan fingerprint density at radius 1 is 0.946 bits per heavy atom. The highest BCUT2D eigenvalue weighted by Crippen LogP contribution is 2.48. The zero-order valence-electron chi connectivity index (χ0n) is 21.8. The van der Waals surface area contributed by atoms with E-state index in [-0.39, 0.29) is 0 Å². The van der Waals surface area contributed by atoms with Crippen molar-refractivity contribution in [2.24, 2.45) is 17.8 Å². The molecule has 6 rings (SSSR count). The van der Waals surface area contributed by atoms with Crippen LogP contribution >= 0.6 is 11.3 Å². The lowest BCUT2D eigenvalue weighted by Gasteiger charge is -2.34. The molecule has 0 aliphatic heterocycles. The summed E-state index contributed by atoms with van der Waals surface area (Å²) >= 11 is 1.56. The third-order valence-corrected chi connectivity index (χ3v) is 9.90. The molecule has 37 heavy (non-hydrogen) atoms. The first-order valence-corrected chi connectivity index (χ1v) is 14.1. The Hall–Kier alpha value is -2.40. The Labute approximate surface area is 220 Å². The largest absolute Gasteiger partial charge is 0.390 e. The Bertz CT molecular complexity index is 1320. The van der Waals surface area contributed by atoms with Crippen molar-refractivity contribution in [3.8, 4) is 10.6 Å². The molecule has 3 aromatic heterocycles. The minimum absolute atomic E-state index is 0.381. The zero-order valence-corrected chi connectivity index (χ0v) is 22.6. The number of aryl methyl sites for hydroxylation is 2. The van der Waals surface area contributed by atoms with Crippen molar-refractivity contribution in [2.45, 2.75) is 89.7 Å². The molecular weight excluding hydrogens is 488 g/mol. The lowest BCUT2D eigenvalue weighted by molar-refractivity contribution is -0.0601. The molecule has 0 aromatic carbocycles. The normalized spacial score (nSPS) is 31.4. The Kier molecular flexibility index (Phi) is 6.13. The van der Waals surface area contributed by atoms with Crippen molar-refractivity contribution in [1.29, 1.82) is 0 Å². The van der Waals surface area contributed by atoms with Crippen LogP contribution in [0.15, 0.2) is 12.3 Å². The van der Waals surface area contributed by atoms with E-state index in [1.165, 1.54) is 19.3 Å². The van der Waals surface area contributed by atoms with Crippen LogP contribution in [0.2, 0.25) is 0 Å². The van der Waals surface area contributed by atoms with Gasteiger partial charge in [0.15, 0.2) is 0 Å². The minimum Gasteiger partial charge on any atom is -0.390 e. The van der Waals surface area contributed by atoms with Gasteiger partial charge in [-0.3, -0.25) is 4.98 Å². The lowest BCUT2D eigenvalue weighted by atomic mass is 9.75. The Morgan fingerprint density at radius 2 is 1.73 bits per heavy atom. The molecule has 0 amide bonds. The van der Waals surface area contributed by atoms with Crippen LogP contribution in [0.4, 0.5) is 11.8 Å². The standard InChI is InChI=1S/C27H36N6O3S/c1-12-20(25-32-21-13(2)28-10-9-19(21)37-25)24(30-18-11-16(27(3,4)36)22(34)23(18)35)33-26(29-12)31-17-8-6-14-5-7-15(14)17/h9-10,14-18,22-23,34-36H,5-8,11H2,1-4H3,(H2,29,30,31,33)/t14-,15+,16-,17+,18+,22+,23-/m0/s1. The minimum atomic E-state index is -1.12. The predicted octanol–water partition coefficient (Wildman–Crippen LogP) is 3.66. The molecule has 3 aliphatic carbocycles. The van der Waals surface area contributed by atoms with Gasteiger partial charge in [0, 0.05) is 18.2 Å². The summed E-state index contributed by atoms with van der Waals surface area (Å²) in [5.41, 5.74) is 2.18. The number of nitrogens with zero attached hydrogens (tertiary/aromatic N) is 4. The molecule has 10 heteroatoms. The SMILES string of the molecule is Cc1nc(N[C@@H]2CC[C@@H]3CC[C@H]32)nc(N[C@@H]2C[C@H](C(C)(C)O)[C@@H](O)[C@H]2O)c1-c1nc2c(C)nccc2s1. The van der Waals surface area contributed by atoms with Gasteiger partial charge in [0.1, 0.15) is 22.4 Å². The van der Waals surface area contributed by atoms with Gasteiger partial charge < -0.3 is 26.0 Å². The second-order valence-corrected chi connectivity index (χ2v) is 12.7. The molecule has 0 saturated heterocycles. The highest BCUT2D eigenvalue weighted by Gasteiger charge is 2.48. The van der Waals surface area contributed by atoms with Gasteiger partial charge in [-0.2, -0.15) is 4.98 Å².